The molecule has 0 bridgehead atoms. The molecule has 0 saturated carbocycles. The molecule has 0 aliphatic carbocycles. The molecule has 0 spiro atoms. The van der Waals surface area contributed by atoms with Crippen LogP contribution in [-0.4, -0.2) is 61.6 Å². The minimum atomic E-state index is -0.0859. The predicted octanol–water partition coefficient (Wildman–Crippen LogP) is 1.33. The van der Waals surface area contributed by atoms with Gasteiger partial charge >= 0.3 is 6.03 Å². The number of ether oxygens (including phenoxy) is 1. The molecule has 1 aromatic rings. The quantitative estimate of drug-likeness (QED) is 0.913. The van der Waals surface area contributed by atoms with E-state index >= 15 is 0 Å². The average molecular weight is 305 g/mol. The molecule has 1 N–H and O–H groups in total. The Hall–Kier alpha value is -2.24. The SMILES string of the molecule is CN(C)C(=O)NC1CCN(C(=O)COc2ccccc2)CC1. The summed E-state index contributed by atoms with van der Waals surface area (Å²) in [5, 5.41) is 2.95. The topological polar surface area (TPSA) is 61.9 Å². The molecule has 0 atom stereocenters. The van der Waals surface area contributed by atoms with Crippen molar-refractivity contribution in [1.82, 2.24) is 15.1 Å². The van der Waals surface area contributed by atoms with Crippen molar-refractivity contribution in [3.8, 4) is 5.75 Å². The van der Waals surface area contributed by atoms with E-state index in [1.54, 1.807) is 19.0 Å². The standard InChI is InChI=1S/C16H23N3O3/c1-18(2)16(21)17-13-8-10-19(11-9-13)15(20)12-22-14-6-4-3-5-7-14/h3-7,13H,8-12H2,1-2H3,(H,17,21). The zero-order chi connectivity index (χ0) is 15.9. The molecule has 1 aliphatic rings. The normalized spacial score (nSPS) is 15.3. The van der Waals surface area contributed by atoms with Crippen LogP contribution in [-0.2, 0) is 4.79 Å². The van der Waals surface area contributed by atoms with E-state index in [4.69, 9.17) is 4.74 Å². The number of nitrogens with zero attached hydrogens (tertiary/aromatic N) is 2. The number of hydrogen-bond donors (Lipinski definition) is 1. The van der Waals surface area contributed by atoms with Crippen LogP contribution in [0.3, 0.4) is 0 Å². The number of benzene rings is 1. The van der Waals surface area contributed by atoms with Gasteiger partial charge in [-0.3, -0.25) is 4.79 Å². The Bertz CT molecular complexity index is 497. The van der Waals surface area contributed by atoms with Crippen molar-refractivity contribution in [3.05, 3.63) is 30.3 Å². The lowest BCUT2D eigenvalue weighted by atomic mass is 10.1. The third-order valence-electron chi connectivity index (χ3n) is 3.69. The number of amides is 3. The van der Waals surface area contributed by atoms with Gasteiger partial charge in [0.2, 0.25) is 0 Å². The van der Waals surface area contributed by atoms with Crippen LogP contribution in [0.1, 0.15) is 12.8 Å². The number of hydrogen-bond acceptors (Lipinski definition) is 3. The van der Waals surface area contributed by atoms with Gasteiger partial charge in [0.1, 0.15) is 5.75 Å². The van der Waals surface area contributed by atoms with Crippen LogP contribution in [0, 0.1) is 0 Å². The molecule has 0 radical (unpaired) electrons. The van der Waals surface area contributed by atoms with Gasteiger partial charge in [0.25, 0.3) is 5.91 Å². The van der Waals surface area contributed by atoms with E-state index < -0.39 is 0 Å². The van der Waals surface area contributed by atoms with E-state index in [1.165, 1.54) is 4.90 Å². The van der Waals surface area contributed by atoms with Crippen LogP contribution in [0.25, 0.3) is 0 Å². The van der Waals surface area contributed by atoms with Crippen molar-refractivity contribution >= 4 is 11.9 Å². The highest BCUT2D eigenvalue weighted by Gasteiger charge is 2.24. The maximum Gasteiger partial charge on any atom is 0.317 e. The first-order chi connectivity index (χ1) is 10.6. The van der Waals surface area contributed by atoms with E-state index in [2.05, 4.69) is 5.32 Å². The molecule has 6 nitrogen and oxygen atoms in total. The second kappa shape index (κ2) is 7.68. The summed E-state index contributed by atoms with van der Waals surface area (Å²) in [6.45, 7) is 1.35. The van der Waals surface area contributed by atoms with Gasteiger partial charge in [-0.2, -0.15) is 0 Å². The van der Waals surface area contributed by atoms with Crippen molar-refractivity contribution in [3.63, 3.8) is 0 Å². The number of urea groups is 1. The van der Waals surface area contributed by atoms with Crippen molar-refractivity contribution in [1.29, 1.82) is 0 Å². The fourth-order valence-electron chi connectivity index (χ4n) is 2.33. The van der Waals surface area contributed by atoms with Gasteiger partial charge in [0.15, 0.2) is 6.61 Å². The summed E-state index contributed by atoms with van der Waals surface area (Å²) in [4.78, 5) is 27.0. The molecule has 1 aromatic carbocycles. The zero-order valence-corrected chi connectivity index (χ0v) is 13.1. The van der Waals surface area contributed by atoms with E-state index in [9.17, 15) is 9.59 Å². The third kappa shape index (κ3) is 4.65. The fraction of sp³-hybridized carbons (Fsp3) is 0.500. The van der Waals surface area contributed by atoms with E-state index in [0.717, 1.165) is 12.8 Å². The molecule has 1 heterocycles. The summed E-state index contributed by atoms with van der Waals surface area (Å²) in [5.74, 6) is 0.685. The smallest absolute Gasteiger partial charge is 0.317 e. The molecular weight excluding hydrogens is 282 g/mol. The Kier molecular flexibility index (Phi) is 5.63. The molecule has 2 rings (SSSR count). The minimum Gasteiger partial charge on any atom is -0.484 e. The number of carbonyl (C=O) groups excluding carboxylic acids is 2. The fourth-order valence-corrected chi connectivity index (χ4v) is 2.33. The molecule has 6 heteroatoms. The number of para-hydroxylation sites is 1. The number of nitrogens with one attached hydrogen (secondary N) is 1. The lowest BCUT2D eigenvalue weighted by molar-refractivity contribution is -0.134. The van der Waals surface area contributed by atoms with Gasteiger partial charge in [-0.1, -0.05) is 18.2 Å². The Labute approximate surface area is 131 Å². The number of rotatable bonds is 4. The van der Waals surface area contributed by atoms with E-state index in [0.29, 0.717) is 18.8 Å². The second-order valence-electron chi connectivity index (χ2n) is 5.60. The van der Waals surface area contributed by atoms with Gasteiger partial charge in [-0.25, -0.2) is 4.79 Å². The highest BCUT2D eigenvalue weighted by Crippen LogP contribution is 2.12. The molecule has 0 unspecified atom stereocenters. The third-order valence-corrected chi connectivity index (χ3v) is 3.69. The Balaban J connectivity index is 1.72. The minimum absolute atomic E-state index is 0.0127. The van der Waals surface area contributed by atoms with Crippen LogP contribution in [0.5, 0.6) is 5.75 Å². The Morgan fingerprint density at radius 2 is 1.86 bits per heavy atom. The highest BCUT2D eigenvalue weighted by molar-refractivity contribution is 5.78. The van der Waals surface area contributed by atoms with Gasteiger partial charge in [0.05, 0.1) is 0 Å². The summed E-state index contributed by atoms with van der Waals surface area (Å²) in [6, 6.07) is 9.36. The maximum atomic E-state index is 12.1. The number of likely N-dealkylation sites (tertiary alicyclic amines) is 1. The van der Waals surface area contributed by atoms with Crippen LogP contribution in [0.15, 0.2) is 30.3 Å². The van der Waals surface area contributed by atoms with Crippen molar-refractivity contribution in [2.24, 2.45) is 0 Å². The first kappa shape index (κ1) is 16.1. The van der Waals surface area contributed by atoms with E-state index in [1.807, 2.05) is 30.3 Å². The first-order valence-corrected chi connectivity index (χ1v) is 7.49. The van der Waals surface area contributed by atoms with Crippen LogP contribution >= 0.6 is 0 Å². The Morgan fingerprint density at radius 1 is 1.23 bits per heavy atom. The van der Waals surface area contributed by atoms with Crippen LogP contribution < -0.4 is 10.1 Å². The van der Waals surface area contributed by atoms with Crippen LogP contribution in [0.4, 0.5) is 4.79 Å². The largest absolute Gasteiger partial charge is 0.484 e. The molecule has 22 heavy (non-hydrogen) atoms. The summed E-state index contributed by atoms with van der Waals surface area (Å²) >= 11 is 0. The van der Waals surface area contributed by atoms with Crippen molar-refractivity contribution in [2.75, 3.05) is 33.8 Å². The van der Waals surface area contributed by atoms with Gasteiger partial charge in [-0.15, -0.1) is 0 Å². The number of carbonyl (C=O) groups is 2. The van der Waals surface area contributed by atoms with Crippen LogP contribution in [0.2, 0.25) is 0 Å². The maximum absolute atomic E-state index is 12.1. The summed E-state index contributed by atoms with van der Waals surface area (Å²) in [6.07, 6.45) is 1.55. The molecule has 1 aliphatic heterocycles. The van der Waals surface area contributed by atoms with Crippen molar-refractivity contribution in [2.45, 2.75) is 18.9 Å². The molecule has 120 valence electrons. The number of piperidine rings is 1. The van der Waals surface area contributed by atoms with E-state index in [-0.39, 0.29) is 24.6 Å². The molecule has 1 fully saturated rings. The van der Waals surface area contributed by atoms with Gasteiger partial charge < -0.3 is 19.9 Å². The monoisotopic (exact) mass is 305 g/mol. The summed E-state index contributed by atoms with van der Waals surface area (Å²) in [7, 11) is 3.43. The summed E-state index contributed by atoms with van der Waals surface area (Å²) < 4.78 is 5.48. The zero-order valence-electron chi connectivity index (χ0n) is 13.1. The lowest BCUT2D eigenvalue weighted by Crippen LogP contribution is -2.49. The van der Waals surface area contributed by atoms with Gasteiger partial charge in [-0.05, 0) is 25.0 Å². The predicted molar refractivity (Wildman–Crippen MR) is 83.8 cm³/mol. The second-order valence-corrected chi connectivity index (χ2v) is 5.60. The van der Waals surface area contributed by atoms with Crippen molar-refractivity contribution < 1.29 is 14.3 Å². The molecule has 3 amide bonds. The average Bonchev–Trinajstić information content (AvgIpc) is 2.54. The lowest BCUT2D eigenvalue weighted by Gasteiger charge is -2.32. The molecule has 0 aromatic heterocycles. The first-order valence-electron chi connectivity index (χ1n) is 7.49. The summed E-state index contributed by atoms with van der Waals surface area (Å²) in [5.41, 5.74) is 0. The highest BCUT2D eigenvalue weighted by atomic mass is 16.5. The van der Waals surface area contributed by atoms with Gasteiger partial charge in [0, 0.05) is 33.2 Å². The Morgan fingerprint density at radius 3 is 2.45 bits per heavy atom. The molecule has 1 saturated heterocycles. The molecular formula is C16H23N3O3.